The number of rotatable bonds is 8. The molecule has 1 fully saturated rings. The van der Waals surface area contributed by atoms with Crippen LogP contribution in [0.15, 0.2) is 29.2 Å². The van der Waals surface area contributed by atoms with Gasteiger partial charge < -0.3 is 10.1 Å². The van der Waals surface area contributed by atoms with Crippen molar-refractivity contribution in [3.63, 3.8) is 0 Å². The standard InChI is InChI=1S/C17H27N3O5S/c1-12(2)10-14-11-17(24-3,25-20-14)16(21)19-9-8-13-4-6-15(7-5-13)26(18,22)23/h4-7,12,14,20H,8-11H2,1-3H3,(H,19,21)(H2,18,22,23)/t14-,17?/m0/s1. The van der Waals surface area contributed by atoms with Gasteiger partial charge in [-0.15, -0.1) is 0 Å². The van der Waals surface area contributed by atoms with E-state index in [0.717, 1.165) is 12.0 Å². The van der Waals surface area contributed by atoms with E-state index in [0.29, 0.717) is 25.3 Å². The molecule has 0 aromatic heterocycles. The van der Waals surface area contributed by atoms with Gasteiger partial charge in [-0.2, -0.15) is 5.48 Å². The number of hydroxylamine groups is 1. The average molecular weight is 385 g/mol. The van der Waals surface area contributed by atoms with Crippen molar-refractivity contribution in [3.8, 4) is 0 Å². The molecule has 2 rings (SSSR count). The minimum atomic E-state index is -3.70. The second-order valence-electron chi connectivity index (χ2n) is 6.90. The van der Waals surface area contributed by atoms with Gasteiger partial charge in [0.1, 0.15) is 0 Å². The van der Waals surface area contributed by atoms with Gasteiger partial charge in [0, 0.05) is 26.1 Å². The number of nitrogens with one attached hydrogen (secondary N) is 2. The molecule has 1 unspecified atom stereocenters. The van der Waals surface area contributed by atoms with Crippen molar-refractivity contribution in [1.29, 1.82) is 0 Å². The molecular formula is C17H27N3O5S. The Morgan fingerprint density at radius 2 is 2.08 bits per heavy atom. The Balaban J connectivity index is 1.87. The number of carbonyl (C=O) groups is 1. The summed E-state index contributed by atoms with van der Waals surface area (Å²) in [6.45, 7) is 4.59. The molecule has 26 heavy (non-hydrogen) atoms. The van der Waals surface area contributed by atoms with Crippen molar-refractivity contribution < 1.29 is 22.8 Å². The maximum atomic E-state index is 12.5. The number of hydrogen-bond donors (Lipinski definition) is 3. The summed E-state index contributed by atoms with van der Waals surface area (Å²) in [5, 5.41) is 7.88. The molecule has 9 heteroatoms. The monoisotopic (exact) mass is 385 g/mol. The van der Waals surface area contributed by atoms with Crippen LogP contribution < -0.4 is 15.9 Å². The second-order valence-corrected chi connectivity index (χ2v) is 8.46. The zero-order valence-corrected chi connectivity index (χ0v) is 16.1. The summed E-state index contributed by atoms with van der Waals surface area (Å²) in [7, 11) is -2.25. The summed E-state index contributed by atoms with van der Waals surface area (Å²) in [6, 6.07) is 6.30. The number of benzene rings is 1. The van der Waals surface area contributed by atoms with Crippen LogP contribution in [0, 0.1) is 5.92 Å². The summed E-state index contributed by atoms with van der Waals surface area (Å²) in [4.78, 5) is 18.0. The lowest BCUT2D eigenvalue weighted by molar-refractivity contribution is -0.218. The fraction of sp³-hybridized carbons (Fsp3) is 0.588. The Kier molecular flexibility index (Phi) is 6.75. The van der Waals surface area contributed by atoms with Gasteiger partial charge in [-0.1, -0.05) is 26.0 Å². The van der Waals surface area contributed by atoms with Gasteiger partial charge in [0.05, 0.1) is 4.90 Å². The van der Waals surface area contributed by atoms with E-state index in [4.69, 9.17) is 14.7 Å². The summed E-state index contributed by atoms with van der Waals surface area (Å²) < 4.78 is 27.8. The van der Waals surface area contributed by atoms with Gasteiger partial charge in [0.25, 0.3) is 11.7 Å². The maximum absolute atomic E-state index is 12.5. The Hall–Kier alpha value is -1.52. The van der Waals surface area contributed by atoms with Crippen LogP contribution in [0.3, 0.4) is 0 Å². The predicted molar refractivity (Wildman–Crippen MR) is 96.3 cm³/mol. The summed E-state index contributed by atoms with van der Waals surface area (Å²) >= 11 is 0. The van der Waals surface area contributed by atoms with Gasteiger partial charge in [0.2, 0.25) is 10.0 Å². The van der Waals surface area contributed by atoms with E-state index in [1.54, 1.807) is 12.1 Å². The number of hydrogen-bond acceptors (Lipinski definition) is 6. The van der Waals surface area contributed by atoms with Gasteiger partial charge in [-0.05, 0) is 36.5 Å². The van der Waals surface area contributed by atoms with E-state index in [-0.39, 0.29) is 16.8 Å². The molecule has 1 aliphatic rings. The molecule has 1 aliphatic heterocycles. The molecular weight excluding hydrogens is 358 g/mol. The fourth-order valence-corrected chi connectivity index (χ4v) is 3.46. The molecule has 1 amide bonds. The van der Waals surface area contributed by atoms with Crippen molar-refractivity contribution in [2.24, 2.45) is 11.1 Å². The van der Waals surface area contributed by atoms with Crippen LogP contribution in [0.4, 0.5) is 0 Å². The van der Waals surface area contributed by atoms with E-state index < -0.39 is 15.8 Å². The van der Waals surface area contributed by atoms with Crippen LogP contribution in [0.1, 0.15) is 32.3 Å². The first-order chi connectivity index (χ1) is 12.2. The highest BCUT2D eigenvalue weighted by atomic mass is 32.2. The smallest absolute Gasteiger partial charge is 0.282 e. The average Bonchev–Trinajstić information content (AvgIpc) is 2.98. The lowest BCUT2D eigenvalue weighted by Crippen LogP contribution is -2.49. The van der Waals surface area contributed by atoms with Crippen LogP contribution in [-0.2, 0) is 30.8 Å². The number of primary sulfonamides is 1. The molecule has 1 aromatic rings. The van der Waals surface area contributed by atoms with Crippen molar-refractivity contribution in [2.75, 3.05) is 13.7 Å². The first-order valence-corrected chi connectivity index (χ1v) is 10.1. The zero-order valence-electron chi connectivity index (χ0n) is 15.3. The van der Waals surface area contributed by atoms with Crippen LogP contribution in [0.2, 0.25) is 0 Å². The molecule has 0 spiro atoms. The Morgan fingerprint density at radius 3 is 2.62 bits per heavy atom. The highest BCUT2D eigenvalue weighted by molar-refractivity contribution is 7.89. The number of ether oxygens (including phenoxy) is 1. The minimum Gasteiger partial charge on any atom is -0.351 e. The van der Waals surface area contributed by atoms with E-state index in [1.165, 1.54) is 19.2 Å². The fourth-order valence-electron chi connectivity index (χ4n) is 2.94. The topological polar surface area (TPSA) is 120 Å². The van der Waals surface area contributed by atoms with Crippen molar-refractivity contribution in [1.82, 2.24) is 10.8 Å². The molecule has 1 heterocycles. The maximum Gasteiger partial charge on any atom is 0.282 e. The number of sulfonamides is 1. The van der Waals surface area contributed by atoms with Gasteiger partial charge in [-0.3, -0.25) is 9.63 Å². The number of amides is 1. The van der Waals surface area contributed by atoms with E-state index in [1.807, 2.05) is 0 Å². The summed E-state index contributed by atoms with van der Waals surface area (Å²) in [6.07, 6.45) is 1.87. The predicted octanol–water partition coefficient (Wildman–Crippen LogP) is 0.675. The van der Waals surface area contributed by atoms with Crippen LogP contribution in [-0.4, -0.2) is 39.8 Å². The van der Waals surface area contributed by atoms with Crippen LogP contribution in [0.5, 0.6) is 0 Å². The Bertz CT molecular complexity index is 720. The molecule has 0 saturated carbocycles. The number of nitrogens with two attached hydrogens (primary N) is 1. The van der Waals surface area contributed by atoms with E-state index >= 15 is 0 Å². The third-order valence-electron chi connectivity index (χ3n) is 4.29. The highest BCUT2D eigenvalue weighted by Gasteiger charge is 2.47. The van der Waals surface area contributed by atoms with Crippen molar-refractivity contribution in [3.05, 3.63) is 29.8 Å². The van der Waals surface area contributed by atoms with Crippen LogP contribution >= 0.6 is 0 Å². The molecule has 4 N–H and O–H groups in total. The summed E-state index contributed by atoms with van der Waals surface area (Å²) in [5.74, 6) is -1.18. The molecule has 1 aromatic carbocycles. The molecule has 1 saturated heterocycles. The largest absolute Gasteiger partial charge is 0.351 e. The first-order valence-electron chi connectivity index (χ1n) is 8.55. The van der Waals surface area contributed by atoms with Crippen molar-refractivity contribution >= 4 is 15.9 Å². The quantitative estimate of drug-likeness (QED) is 0.605. The number of carbonyl (C=O) groups excluding carboxylic acids is 1. The molecule has 0 radical (unpaired) electrons. The third-order valence-corrected chi connectivity index (χ3v) is 5.22. The van der Waals surface area contributed by atoms with Gasteiger partial charge >= 0.3 is 0 Å². The SMILES string of the molecule is COC1(C(=O)NCCc2ccc(S(N)(=O)=O)cc2)C[C@H](CC(C)C)NO1. The van der Waals surface area contributed by atoms with E-state index in [2.05, 4.69) is 24.6 Å². The summed E-state index contributed by atoms with van der Waals surface area (Å²) in [5.41, 5.74) is 3.77. The van der Waals surface area contributed by atoms with Crippen LogP contribution in [0.25, 0.3) is 0 Å². The zero-order chi connectivity index (χ0) is 19.4. The molecule has 8 nitrogen and oxygen atoms in total. The number of methoxy groups -OCH3 is 1. The normalized spacial score (nSPS) is 23.3. The van der Waals surface area contributed by atoms with Crippen molar-refractivity contribution in [2.45, 2.75) is 49.8 Å². The Labute approximate surface area is 154 Å². The van der Waals surface area contributed by atoms with Gasteiger partial charge in [0.15, 0.2) is 0 Å². The molecule has 146 valence electrons. The second kappa shape index (κ2) is 8.45. The Morgan fingerprint density at radius 1 is 1.42 bits per heavy atom. The first kappa shape index (κ1) is 20.8. The lowest BCUT2D eigenvalue weighted by atomic mass is 9.98. The molecule has 0 bridgehead atoms. The third kappa shape index (κ3) is 5.24. The molecule has 0 aliphatic carbocycles. The lowest BCUT2D eigenvalue weighted by Gasteiger charge is -2.24. The van der Waals surface area contributed by atoms with E-state index in [9.17, 15) is 13.2 Å². The molecule has 2 atom stereocenters. The highest BCUT2D eigenvalue weighted by Crippen LogP contribution is 2.28. The van der Waals surface area contributed by atoms with Gasteiger partial charge in [-0.25, -0.2) is 13.6 Å². The minimum absolute atomic E-state index is 0.0604.